The SMILES string of the molecule is CC1(Cn2cc(C(=O)O)ccc2=O)CC1. The molecular formula is C11H13NO3. The second-order valence-electron chi connectivity index (χ2n) is 4.50. The number of aromatic carboxylic acids is 1. The number of nitrogens with zero attached hydrogens (tertiary/aromatic N) is 1. The van der Waals surface area contributed by atoms with E-state index in [1.165, 1.54) is 22.9 Å². The Kier molecular flexibility index (Phi) is 2.14. The predicted molar refractivity (Wildman–Crippen MR) is 55.0 cm³/mol. The van der Waals surface area contributed by atoms with Gasteiger partial charge in [0.15, 0.2) is 0 Å². The maximum Gasteiger partial charge on any atom is 0.337 e. The first-order chi connectivity index (χ1) is 7.00. The molecule has 1 aliphatic rings. The summed E-state index contributed by atoms with van der Waals surface area (Å²) in [7, 11) is 0. The number of pyridine rings is 1. The number of hydrogen-bond acceptors (Lipinski definition) is 2. The Hall–Kier alpha value is -1.58. The van der Waals surface area contributed by atoms with Crippen molar-refractivity contribution in [1.82, 2.24) is 4.57 Å². The quantitative estimate of drug-likeness (QED) is 0.813. The molecule has 0 aromatic carbocycles. The van der Waals surface area contributed by atoms with E-state index >= 15 is 0 Å². The minimum Gasteiger partial charge on any atom is -0.478 e. The van der Waals surface area contributed by atoms with E-state index in [4.69, 9.17) is 5.11 Å². The van der Waals surface area contributed by atoms with Crippen LogP contribution in [0.4, 0.5) is 0 Å². The van der Waals surface area contributed by atoms with E-state index in [1.807, 2.05) is 0 Å². The van der Waals surface area contributed by atoms with Crippen molar-refractivity contribution in [2.24, 2.45) is 5.41 Å². The molecule has 1 N–H and O–H groups in total. The van der Waals surface area contributed by atoms with Crippen molar-refractivity contribution in [2.45, 2.75) is 26.3 Å². The fraction of sp³-hybridized carbons (Fsp3) is 0.455. The molecule has 1 heterocycles. The van der Waals surface area contributed by atoms with E-state index in [9.17, 15) is 9.59 Å². The Morgan fingerprint density at radius 1 is 1.53 bits per heavy atom. The van der Waals surface area contributed by atoms with Gasteiger partial charge in [0.25, 0.3) is 5.56 Å². The lowest BCUT2D eigenvalue weighted by Gasteiger charge is -2.11. The van der Waals surface area contributed by atoms with Crippen LogP contribution in [-0.2, 0) is 6.54 Å². The topological polar surface area (TPSA) is 59.3 Å². The van der Waals surface area contributed by atoms with Crippen molar-refractivity contribution in [2.75, 3.05) is 0 Å². The fourth-order valence-electron chi connectivity index (χ4n) is 1.56. The lowest BCUT2D eigenvalue weighted by molar-refractivity contribution is 0.0695. The third-order valence-corrected chi connectivity index (χ3v) is 2.89. The summed E-state index contributed by atoms with van der Waals surface area (Å²) in [5.41, 5.74) is 0.230. The summed E-state index contributed by atoms with van der Waals surface area (Å²) in [6, 6.07) is 2.66. The summed E-state index contributed by atoms with van der Waals surface area (Å²) in [6.45, 7) is 2.72. The molecule has 0 amide bonds. The van der Waals surface area contributed by atoms with E-state index in [2.05, 4.69) is 6.92 Å². The van der Waals surface area contributed by atoms with Gasteiger partial charge in [0.05, 0.1) is 5.56 Å². The lowest BCUT2D eigenvalue weighted by Crippen LogP contribution is -2.23. The van der Waals surface area contributed by atoms with Crippen LogP contribution < -0.4 is 5.56 Å². The Labute approximate surface area is 87.2 Å². The molecule has 15 heavy (non-hydrogen) atoms. The summed E-state index contributed by atoms with van der Waals surface area (Å²) in [5.74, 6) is -0.996. The maximum atomic E-state index is 11.5. The Balaban J connectivity index is 2.32. The van der Waals surface area contributed by atoms with Crippen LogP contribution >= 0.6 is 0 Å². The largest absolute Gasteiger partial charge is 0.478 e. The highest BCUT2D eigenvalue weighted by atomic mass is 16.4. The van der Waals surface area contributed by atoms with E-state index in [-0.39, 0.29) is 16.5 Å². The number of aromatic nitrogens is 1. The maximum absolute atomic E-state index is 11.5. The van der Waals surface area contributed by atoms with E-state index in [0.717, 1.165) is 12.8 Å². The normalized spacial score (nSPS) is 17.4. The Morgan fingerprint density at radius 2 is 2.20 bits per heavy atom. The van der Waals surface area contributed by atoms with Gasteiger partial charge in [0, 0.05) is 18.8 Å². The summed E-state index contributed by atoms with van der Waals surface area (Å²) in [4.78, 5) is 22.2. The third kappa shape index (κ3) is 2.09. The van der Waals surface area contributed by atoms with Crippen LogP contribution in [0.15, 0.2) is 23.1 Å². The molecule has 4 nitrogen and oxygen atoms in total. The van der Waals surface area contributed by atoms with Crippen LogP contribution in [0.2, 0.25) is 0 Å². The first kappa shape index (κ1) is 9.96. The highest BCUT2D eigenvalue weighted by molar-refractivity contribution is 5.87. The van der Waals surface area contributed by atoms with Gasteiger partial charge in [-0.2, -0.15) is 0 Å². The molecule has 2 rings (SSSR count). The first-order valence-electron chi connectivity index (χ1n) is 4.94. The smallest absolute Gasteiger partial charge is 0.337 e. The van der Waals surface area contributed by atoms with Gasteiger partial charge < -0.3 is 9.67 Å². The fourth-order valence-corrected chi connectivity index (χ4v) is 1.56. The number of carboxylic acid groups (broad SMARTS) is 1. The van der Waals surface area contributed by atoms with Crippen LogP contribution in [0.1, 0.15) is 30.1 Å². The van der Waals surface area contributed by atoms with E-state index < -0.39 is 5.97 Å². The average Bonchev–Trinajstić information content (AvgIpc) is 2.87. The minimum atomic E-state index is -0.996. The van der Waals surface area contributed by atoms with Gasteiger partial charge in [-0.1, -0.05) is 6.92 Å². The van der Waals surface area contributed by atoms with Crippen molar-refractivity contribution in [3.8, 4) is 0 Å². The zero-order chi connectivity index (χ0) is 11.1. The molecule has 80 valence electrons. The summed E-state index contributed by atoms with van der Waals surface area (Å²) in [6.07, 6.45) is 3.64. The number of carbonyl (C=O) groups is 1. The molecule has 1 saturated carbocycles. The van der Waals surface area contributed by atoms with Gasteiger partial charge in [0.1, 0.15) is 0 Å². The van der Waals surface area contributed by atoms with Crippen molar-refractivity contribution in [3.63, 3.8) is 0 Å². The Bertz CT molecular complexity index is 457. The average molecular weight is 207 g/mol. The van der Waals surface area contributed by atoms with Gasteiger partial charge in [-0.15, -0.1) is 0 Å². The van der Waals surface area contributed by atoms with Crippen molar-refractivity contribution in [1.29, 1.82) is 0 Å². The van der Waals surface area contributed by atoms with Gasteiger partial charge in [-0.05, 0) is 24.3 Å². The first-order valence-corrected chi connectivity index (χ1v) is 4.94. The van der Waals surface area contributed by atoms with Gasteiger partial charge in [-0.3, -0.25) is 4.79 Å². The summed E-state index contributed by atoms with van der Waals surface area (Å²) >= 11 is 0. The highest BCUT2D eigenvalue weighted by Crippen LogP contribution is 2.46. The summed E-state index contributed by atoms with van der Waals surface area (Å²) < 4.78 is 1.50. The standard InChI is InChI=1S/C11H13NO3/c1-11(4-5-11)7-12-6-8(10(14)15)2-3-9(12)13/h2-3,6H,4-5,7H2,1H3,(H,14,15). The van der Waals surface area contributed by atoms with Crippen molar-refractivity contribution in [3.05, 3.63) is 34.2 Å². The molecule has 0 spiro atoms. The summed E-state index contributed by atoms with van der Waals surface area (Å²) in [5, 5.41) is 8.80. The molecule has 0 atom stereocenters. The predicted octanol–water partition coefficient (Wildman–Crippen LogP) is 1.35. The van der Waals surface area contributed by atoms with E-state index in [0.29, 0.717) is 6.54 Å². The number of hydrogen-bond donors (Lipinski definition) is 1. The highest BCUT2D eigenvalue weighted by Gasteiger charge is 2.37. The van der Waals surface area contributed by atoms with Crippen LogP contribution in [-0.4, -0.2) is 15.6 Å². The molecular weight excluding hydrogens is 194 g/mol. The van der Waals surface area contributed by atoms with Crippen LogP contribution in [0.3, 0.4) is 0 Å². The van der Waals surface area contributed by atoms with E-state index in [1.54, 1.807) is 0 Å². The molecule has 1 aliphatic carbocycles. The second kappa shape index (κ2) is 3.22. The van der Waals surface area contributed by atoms with Gasteiger partial charge >= 0.3 is 5.97 Å². The van der Waals surface area contributed by atoms with Crippen molar-refractivity contribution >= 4 is 5.97 Å². The number of rotatable bonds is 3. The van der Waals surface area contributed by atoms with Crippen LogP contribution in [0.5, 0.6) is 0 Å². The molecule has 0 radical (unpaired) electrons. The Morgan fingerprint density at radius 3 is 2.73 bits per heavy atom. The zero-order valence-corrected chi connectivity index (χ0v) is 8.56. The molecule has 1 fully saturated rings. The van der Waals surface area contributed by atoms with Crippen LogP contribution in [0, 0.1) is 5.41 Å². The minimum absolute atomic E-state index is 0.131. The number of carboxylic acids is 1. The monoisotopic (exact) mass is 207 g/mol. The van der Waals surface area contributed by atoms with Gasteiger partial charge in [-0.25, -0.2) is 4.79 Å². The third-order valence-electron chi connectivity index (χ3n) is 2.89. The molecule has 1 aromatic heterocycles. The second-order valence-corrected chi connectivity index (χ2v) is 4.50. The zero-order valence-electron chi connectivity index (χ0n) is 8.56. The molecule has 1 aromatic rings. The van der Waals surface area contributed by atoms with Gasteiger partial charge in [0.2, 0.25) is 0 Å². The van der Waals surface area contributed by atoms with Crippen LogP contribution in [0.25, 0.3) is 0 Å². The lowest BCUT2D eigenvalue weighted by atomic mass is 10.1. The molecule has 4 heteroatoms. The molecule has 0 bridgehead atoms. The molecule has 0 saturated heterocycles. The van der Waals surface area contributed by atoms with Crippen molar-refractivity contribution < 1.29 is 9.90 Å². The molecule has 0 unspecified atom stereocenters. The molecule has 0 aliphatic heterocycles.